The Morgan fingerprint density at radius 2 is 1.67 bits per heavy atom. The van der Waals surface area contributed by atoms with Gasteiger partial charge in [-0.05, 0) is 104 Å². The van der Waals surface area contributed by atoms with Crippen molar-refractivity contribution in [3.8, 4) is 0 Å². The number of hydrogen-bond acceptors (Lipinski definition) is 5. The minimum atomic E-state index is -0.573. The van der Waals surface area contributed by atoms with Gasteiger partial charge in [-0.2, -0.15) is 0 Å². The van der Waals surface area contributed by atoms with Crippen LogP contribution < -0.4 is 0 Å². The molecular formula is C31H48O5. The predicted molar refractivity (Wildman–Crippen MR) is 139 cm³/mol. The van der Waals surface area contributed by atoms with E-state index in [1.54, 1.807) is 0 Å². The van der Waals surface area contributed by atoms with E-state index in [0.29, 0.717) is 6.42 Å². The molecule has 36 heavy (non-hydrogen) atoms. The SMILES string of the molecule is COC(=O)[C@]1(C)CC[C@@]2(C)CC[C@]3(C)C(=CC(=O)[C@@H]4[C@]5(C)CCC(O)[C@@](C)(CO)[C@@H]5CC[C@@]43C)[C@@H]2C1. The molecule has 0 aliphatic heterocycles. The molecule has 10 atom stereocenters. The second-order valence-electron chi connectivity index (χ2n) is 15.0. The summed E-state index contributed by atoms with van der Waals surface area (Å²) >= 11 is 0. The Bertz CT molecular complexity index is 1000. The third kappa shape index (κ3) is 3.08. The first-order valence-electron chi connectivity index (χ1n) is 14.3. The average molecular weight is 501 g/mol. The second kappa shape index (κ2) is 7.91. The fraction of sp³-hybridized carbons (Fsp3) is 0.871. The lowest BCUT2D eigenvalue weighted by molar-refractivity contribution is -0.212. The molecule has 5 aliphatic carbocycles. The monoisotopic (exact) mass is 500 g/mol. The van der Waals surface area contributed by atoms with Crippen molar-refractivity contribution in [2.75, 3.05) is 13.7 Å². The molecule has 0 aromatic heterocycles. The maximum absolute atomic E-state index is 14.3. The molecule has 0 amide bonds. The van der Waals surface area contributed by atoms with Gasteiger partial charge in [-0.25, -0.2) is 0 Å². The lowest BCUT2D eigenvalue weighted by atomic mass is 9.33. The molecular weight excluding hydrogens is 452 g/mol. The maximum atomic E-state index is 14.3. The van der Waals surface area contributed by atoms with Gasteiger partial charge in [0.25, 0.3) is 0 Å². The number of aliphatic hydroxyl groups is 2. The molecule has 0 heterocycles. The van der Waals surface area contributed by atoms with Gasteiger partial charge in [-0.1, -0.05) is 40.2 Å². The first-order chi connectivity index (χ1) is 16.7. The number of carbonyl (C=O) groups is 2. The highest BCUT2D eigenvalue weighted by Crippen LogP contribution is 2.75. The summed E-state index contributed by atoms with van der Waals surface area (Å²) in [6.07, 6.45) is 9.56. The largest absolute Gasteiger partial charge is 0.469 e. The highest BCUT2D eigenvalue weighted by Gasteiger charge is 2.70. The molecule has 202 valence electrons. The lowest BCUT2D eigenvalue weighted by Crippen LogP contribution is -2.67. The number of rotatable bonds is 2. The molecule has 5 aliphatic rings. The molecule has 0 aromatic carbocycles. The van der Waals surface area contributed by atoms with Crippen molar-refractivity contribution in [3.05, 3.63) is 11.6 Å². The van der Waals surface area contributed by atoms with Crippen LogP contribution in [0, 0.1) is 50.2 Å². The summed E-state index contributed by atoms with van der Waals surface area (Å²) in [5, 5.41) is 21.3. The molecule has 0 aromatic rings. The zero-order chi connectivity index (χ0) is 26.5. The van der Waals surface area contributed by atoms with E-state index in [-0.39, 0.29) is 57.8 Å². The van der Waals surface area contributed by atoms with Crippen molar-refractivity contribution in [3.63, 3.8) is 0 Å². The third-order valence-corrected chi connectivity index (χ3v) is 13.4. The van der Waals surface area contributed by atoms with Gasteiger partial charge in [0.15, 0.2) is 5.78 Å². The lowest BCUT2D eigenvalue weighted by Gasteiger charge is -2.70. The fourth-order valence-corrected chi connectivity index (χ4v) is 10.6. The average Bonchev–Trinajstić information content (AvgIpc) is 2.83. The topological polar surface area (TPSA) is 83.8 Å². The van der Waals surface area contributed by atoms with Crippen LogP contribution in [0.1, 0.15) is 99.3 Å². The van der Waals surface area contributed by atoms with Crippen LogP contribution in [0.2, 0.25) is 0 Å². The van der Waals surface area contributed by atoms with E-state index in [0.717, 1.165) is 51.4 Å². The molecule has 1 unspecified atom stereocenters. The van der Waals surface area contributed by atoms with E-state index in [4.69, 9.17) is 4.74 Å². The summed E-state index contributed by atoms with van der Waals surface area (Å²) in [7, 11) is 1.49. The Morgan fingerprint density at radius 3 is 2.31 bits per heavy atom. The zero-order valence-electron chi connectivity index (χ0n) is 23.6. The fourth-order valence-electron chi connectivity index (χ4n) is 10.6. The number of hydrogen-bond donors (Lipinski definition) is 2. The molecule has 2 N–H and O–H groups in total. The van der Waals surface area contributed by atoms with Crippen LogP contribution in [-0.4, -0.2) is 41.8 Å². The number of carbonyl (C=O) groups excluding carboxylic acids is 2. The Morgan fingerprint density at radius 1 is 1.00 bits per heavy atom. The van der Waals surface area contributed by atoms with E-state index in [9.17, 15) is 19.8 Å². The standard InChI is InChI=1S/C31H48O5/c1-26-12-13-27(2,25(35)36-7)17-20(26)19-16-21(33)24-28(3)10-9-23(34)29(4,18-32)22(28)8-11-31(24,6)30(19,5)15-14-26/h16,20,22-24,32,34H,8-15,17-18H2,1-7H3/t20-,22+,23?,24+,26-,27+,28+,29-,30+,31-/m0/s1. The minimum absolute atomic E-state index is 0.0447. The van der Waals surface area contributed by atoms with Gasteiger partial charge in [-0.15, -0.1) is 0 Å². The molecule has 5 nitrogen and oxygen atoms in total. The van der Waals surface area contributed by atoms with Crippen molar-refractivity contribution in [1.29, 1.82) is 0 Å². The number of fused-ring (bicyclic) bond motifs is 7. The van der Waals surface area contributed by atoms with Crippen molar-refractivity contribution in [2.24, 2.45) is 50.2 Å². The minimum Gasteiger partial charge on any atom is -0.469 e. The van der Waals surface area contributed by atoms with Crippen LogP contribution >= 0.6 is 0 Å². The molecule has 0 spiro atoms. The second-order valence-corrected chi connectivity index (χ2v) is 15.0. The molecule has 0 bridgehead atoms. The number of ether oxygens (including phenoxy) is 1. The number of methoxy groups -OCH3 is 1. The summed E-state index contributed by atoms with van der Waals surface area (Å²) in [5.41, 5.74) is -0.227. The van der Waals surface area contributed by atoms with E-state index in [1.165, 1.54) is 12.7 Å². The van der Waals surface area contributed by atoms with Crippen LogP contribution in [0.15, 0.2) is 11.6 Å². The summed E-state index contributed by atoms with van der Waals surface area (Å²) in [4.78, 5) is 27.1. The quantitative estimate of drug-likeness (QED) is 0.491. The van der Waals surface area contributed by atoms with Gasteiger partial charge in [0.05, 0.1) is 25.2 Å². The Balaban J connectivity index is 1.61. The Hall–Kier alpha value is -1.20. The highest BCUT2D eigenvalue weighted by atomic mass is 16.5. The Kier molecular flexibility index (Phi) is 5.80. The van der Waals surface area contributed by atoms with Gasteiger partial charge in [0.1, 0.15) is 0 Å². The first-order valence-corrected chi connectivity index (χ1v) is 14.3. The molecule has 5 heteroatoms. The zero-order valence-corrected chi connectivity index (χ0v) is 23.6. The highest BCUT2D eigenvalue weighted by molar-refractivity contribution is 5.95. The van der Waals surface area contributed by atoms with E-state index >= 15 is 0 Å². The van der Waals surface area contributed by atoms with Gasteiger partial charge < -0.3 is 14.9 Å². The number of esters is 1. The molecule has 0 saturated heterocycles. The van der Waals surface area contributed by atoms with Gasteiger partial charge >= 0.3 is 5.97 Å². The normalized spacial score (nSPS) is 54.4. The predicted octanol–water partition coefficient (Wildman–Crippen LogP) is 5.47. The van der Waals surface area contributed by atoms with Crippen LogP contribution in [-0.2, 0) is 14.3 Å². The molecule has 4 fully saturated rings. The molecule has 0 radical (unpaired) electrons. The van der Waals surface area contributed by atoms with Gasteiger partial charge in [0, 0.05) is 11.3 Å². The van der Waals surface area contributed by atoms with Crippen LogP contribution in [0.4, 0.5) is 0 Å². The van der Waals surface area contributed by atoms with E-state index in [1.807, 2.05) is 13.0 Å². The first kappa shape index (κ1) is 26.4. The van der Waals surface area contributed by atoms with Crippen molar-refractivity contribution < 1.29 is 24.5 Å². The molecule has 5 rings (SSSR count). The number of aliphatic hydroxyl groups excluding tert-OH is 2. The third-order valence-electron chi connectivity index (χ3n) is 13.4. The van der Waals surface area contributed by atoms with E-state index < -0.39 is 16.9 Å². The van der Waals surface area contributed by atoms with Crippen molar-refractivity contribution in [2.45, 2.75) is 105 Å². The van der Waals surface area contributed by atoms with Gasteiger partial charge in [-0.3, -0.25) is 9.59 Å². The van der Waals surface area contributed by atoms with Crippen molar-refractivity contribution >= 4 is 11.8 Å². The summed E-state index contributed by atoms with van der Waals surface area (Å²) in [5.74, 6) is 0.322. The van der Waals surface area contributed by atoms with E-state index in [2.05, 4.69) is 34.6 Å². The Labute approximate surface area is 217 Å². The van der Waals surface area contributed by atoms with Crippen LogP contribution in [0.3, 0.4) is 0 Å². The van der Waals surface area contributed by atoms with Crippen molar-refractivity contribution in [1.82, 2.24) is 0 Å². The summed E-state index contributed by atoms with van der Waals surface area (Å²) in [6.45, 7) is 13.5. The smallest absolute Gasteiger partial charge is 0.311 e. The summed E-state index contributed by atoms with van der Waals surface area (Å²) in [6, 6.07) is 0. The molecule has 4 saturated carbocycles. The maximum Gasteiger partial charge on any atom is 0.311 e. The number of allylic oxidation sites excluding steroid dienone is 2. The summed E-state index contributed by atoms with van der Waals surface area (Å²) < 4.78 is 5.24. The number of ketones is 1. The van der Waals surface area contributed by atoms with Gasteiger partial charge in [0.2, 0.25) is 0 Å². The van der Waals surface area contributed by atoms with Crippen LogP contribution in [0.5, 0.6) is 0 Å². The van der Waals surface area contributed by atoms with Crippen LogP contribution in [0.25, 0.3) is 0 Å².